The van der Waals surface area contributed by atoms with E-state index in [4.69, 9.17) is 0 Å². The molecule has 0 aromatic heterocycles. The van der Waals surface area contributed by atoms with E-state index in [2.05, 4.69) is 23.8 Å². The largest absolute Gasteiger partial charge is 0.280 e. The van der Waals surface area contributed by atoms with E-state index in [9.17, 15) is 10.1 Å². The van der Waals surface area contributed by atoms with E-state index in [1.54, 1.807) is 18.3 Å². The van der Waals surface area contributed by atoms with Crippen molar-refractivity contribution in [1.82, 2.24) is 0 Å². The Balaban J connectivity index is 2.50. The molecule has 0 atom stereocenters. The Morgan fingerprint density at radius 3 is 2.65 bits per heavy atom. The summed E-state index contributed by atoms with van der Waals surface area (Å²) in [5.74, 6) is 5.92. The predicted octanol–water partition coefficient (Wildman–Crippen LogP) is 2.82. The summed E-state index contributed by atoms with van der Waals surface area (Å²) in [7, 11) is 0. The van der Waals surface area contributed by atoms with Gasteiger partial charge in [0.25, 0.3) is 5.69 Å². The molecular formula is C13H14N2O2. The lowest BCUT2D eigenvalue weighted by atomic mass is 10.2. The molecule has 1 rings (SSSR count). The van der Waals surface area contributed by atoms with Gasteiger partial charge in [-0.15, -0.1) is 5.92 Å². The highest BCUT2D eigenvalue weighted by molar-refractivity contribution is 5.80. The number of aliphatic imine (C=N–C) groups is 1. The monoisotopic (exact) mass is 230 g/mol. The molecule has 88 valence electrons. The molecule has 0 aliphatic carbocycles. The Labute approximate surface area is 101 Å². The SMILES string of the molecule is CCCC#CC/N=C/c1ccc([N+](=O)[O-])cc1. The van der Waals surface area contributed by atoms with Crippen molar-refractivity contribution in [3.05, 3.63) is 39.9 Å². The van der Waals surface area contributed by atoms with Crippen molar-refractivity contribution in [2.75, 3.05) is 6.54 Å². The maximum Gasteiger partial charge on any atom is 0.269 e. The molecule has 0 radical (unpaired) electrons. The third-order valence-electron chi connectivity index (χ3n) is 2.01. The van der Waals surface area contributed by atoms with Crippen LogP contribution in [0.4, 0.5) is 5.69 Å². The van der Waals surface area contributed by atoms with Crippen LogP contribution in [0.3, 0.4) is 0 Å². The predicted molar refractivity (Wildman–Crippen MR) is 68.2 cm³/mol. The quantitative estimate of drug-likeness (QED) is 0.345. The van der Waals surface area contributed by atoms with E-state index in [0.29, 0.717) is 6.54 Å². The molecule has 0 aliphatic rings. The van der Waals surface area contributed by atoms with Crippen LogP contribution in [0, 0.1) is 22.0 Å². The second-order valence-corrected chi connectivity index (χ2v) is 3.42. The molecule has 0 saturated heterocycles. The molecule has 0 amide bonds. The number of nitrogens with zero attached hydrogens (tertiary/aromatic N) is 2. The summed E-state index contributed by atoms with van der Waals surface area (Å²) in [6, 6.07) is 6.26. The molecule has 0 spiro atoms. The van der Waals surface area contributed by atoms with Crippen molar-refractivity contribution in [2.24, 2.45) is 4.99 Å². The molecule has 17 heavy (non-hydrogen) atoms. The van der Waals surface area contributed by atoms with Gasteiger partial charge >= 0.3 is 0 Å². The minimum Gasteiger partial charge on any atom is -0.280 e. The Bertz CT molecular complexity index is 453. The summed E-state index contributed by atoms with van der Waals surface area (Å²) < 4.78 is 0. The number of hydrogen-bond acceptors (Lipinski definition) is 3. The molecule has 1 aromatic carbocycles. The first-order valence-corrected chi connectivity index (χ1v) is 5.44. The first-order valence-electron chi connectivity index (χ1n) is 5.44. The normalized spacial score (nSPS) is 9.94. The van der Waals surface area contributed by atoms with Gasteiger partial charge in [-0.3, -0.25) is 15.1 Å². The average molecular weight is 230 g/mol. The van der Waals surface area contributed by atoms with Crippen LogP contribution in [0.2, 0.25) is 0 Å². The number of non-ortho nitro benzene ring substituents is 1. The van der Waals surface area contributed by atoms with Crippen molar-refractivity contribution in [2.45, 2.75) is 19.8 Å². The zero-order chi connectivity index (χ0) is 12.5. The van der Waals surface area contributed by atoms with Crippen LogP contribution >= 0.6 is 0 Å². The topological polar surface area (TPSA) is 55.5 Å². The summed E-state index contributed by atoms with van der Waals surface area (Å²) in [5, 5.41) is 10.4. The van der Waals surface area contributed by atoms with Gasteiger partial charge in [0, 0.05) is 24.8 Å². The fraction of sp³-hybridized carbons (Fsp3) is 0.308. The van der Waals surface area contributed by atoms with Gasteiger partial charge in [0.05, 0.1) is 11.5 Å². The zero-order valence-electron chi connectivity index (χ0n) is 9.72. The lowest BCUT2D eigenvalue weighted by Crippen LogP contribution is -1.88. The van der Waals surface area contributed by atoms with Crippen LogP contribution in [0.15, 0.2) is 29.3 Å². The Hall–Kier alpha value is -2.15. The molecule has 0 heterocycles. The van der Waals surface area contributed by atoms with Crippen LogP contribution in [-0.4, -0.2) is 17.7 Å². The van der Waals surface area contributed by atoms with E-state index >= 15 is 0 Å². The van der Waals surface area contributed by atoms with Gasteiger partial charge in [0.1, 0.15) is 0 Å². The lowest BCUT2D eigenvalue weighted by Gasteiger charge is -1.92. The lowest BCUT2D eigenvalue weighted by molar-refractivity contribution is -0.384. The Morgan fingerprint density at radius 1 is 1.35 bits per heavy atom. The first kappa shape index (κ1) is 12.9. The minimum atomic E-state index is -0.419. The van der Waals surface area contributed by atoms with E-state index in [-0.39, 0.29) is 5.69 Å². The summed E-state index contributed by atoms with van der Waals surface area (Å²) in [6.07, 6.45) is 3.62. The maximum absolute atomic E-state index is 10.4. The van der Waals surface area contributed by atoms with Gasteiger partial charge in [-0.2, -0.15) is 0 Å². The summed E-state index contributed by atoms with van der Waals surface area (Å²) in [6.45, 7) is 2.55. The summed E-state index contributed by atoms with van der Waals surface area (Å²) in [4.78, 5) is 14.1. The van der Waals surface area contributed by atoms with Gasteiger partial charge in [-0.05, 0) is 24.1 Å². The van der Waals surface area contributed by atoms with Gasteiger partial charge in [0.15, 0.2) is 0 Å². The van der Waals surface area contributed by atoms with E-state index in [1.807, 2.05) is 0 Å². The highest BCUT2D eigenvalue weighted by atomic mass is 16.6. The molecule has 0 aliphatic heterocycles. The second-order valence-electron chi connectivity index (χ2n) is 3.42. The third kappa shape index (κ3) is 4.94. The molecule has 1 aromatic rings. The number of unbranched alkanes of at least 4 members (excludes halogenated alkanes) is 1. The number of nitro benzene ring substituents is 1. The van der Waals surface area contributed by atoms with Crippen LogP contribution in [0.5, 0.6) is 0 Å². The molecule has 0 bridgehead atoms. The van der Waals surface area contributed by atoms with Gasteiger partial charge in [-0.1, -0.05) is 12.8 Å². The Kier molecular flexibility index (Phi) is 5.45. The van der Waals surface area contributed by atoms with Crippen molar-refractivity contribution < 1.29 is 4.92 Å². The van der Waals surface area contributed by atoms with E-state index < -0.39 is 4.92 Å². The van der Waals surface area contributed by atoms with E-state index in [0.717, 1.165) is 18.4 Å². The van der Waals surface area contributed by atoms with Gasteiger partial charge in [0.2, 0.25) is 0 Å². The minimum absolute atomic E-state index is 0.0879. The summed E-state index contributed by atoms with van der Waals surface area (Å²) in [5.41, 5.74) is 0.928. The summed E-state index contributed by atoms with van der Waals surface area (Å²) >= 11 is 0. The highest BCUT2D eigenvalue weighted by Gasteiger charge is 2.01. The molecule has 0 fully saturated rings. The van der Waals surface area contributed by atoms with Crippen LogP contribution < -0.4 is 0 Å². The Morgan fingerprint density at radius 2 is 2.06 bits per heavy atom. The number of hydrogen-bond donors (Lipinski definition) is 0. The van der Waals surface area contributed by atoms with Crippen LogP contribution in [-0.2, 0) is 0 Å². The highest BCUT2D eigenvalue weighted by Crippen LogP contribution is 2.10. The number of nitro groups is 1. The molecule has 4 nitrogen and oxygen atoms in total. The van der Waals surface area contributed by atoms with Crippen molar-refractivity contribution >= 4 is 11.9 Å². The smallest absolute Gasteiger partial charge is 0.269 e. The van der Waals surface area contributed by atoms with Crippen molar-refractivity contribution in [1.29, 1.82) is 0 Å². The van der Waals surface area contributed by atoms with Crippen molar-refractivity contribution in [3.63, 3.8) is 0 Å². The maximum atomic E-state index is 10.4. The molecule has 0 unspecified atom stereocenters. The van der Waals surface area contributed by atoms with Gasteiger partial charge < -0.3 is 0 Å². The fourth-order valence-corrected chi connectivity index (χ4v) is 1.15. The van der Waals surface area contributed by atoms with Crippen LogP contribution in [0.25, 0.3) is 0 Å². The van der Waals surface area contributed by atoms with Crippen molar-refractivity contribution in [3.8, 4) is 11.8 Å². The molecular weight excluding hydrogens is 216 g/mol. The second kappa shape index (κ2) is 7.18. The van der Waals surface area contributed by atoms with Crippen LogP contribution in [0.1, 0.15) is 25.3 Å². The van der Waals surface area contributed by atoms with E-state index in [1.165, 1.54) is 12.1 Å². The number of rotatable bonds is 4. The zero-order valence-corrected chi connectivity index (χ0v) is 9.72. The molecule has 0 saturated carbocycles. The first-order chi connectivity index (χ1) is 8.24. The number of benzene rings is 1. The fourth-order valence-electron chi connectivity index (χ4n) is 1.15. The van der Waals surface area contributed by atoms with Gasteiger partial charge in [-0.25, -0.2) is 0 Å². The molecule has 0 N–H and O–H groups in total. The standard InChI is InChI=1S/C13H14N2O2/c1-2-3-4-5-10-14-11-12-6-8-13(9-7-12)15(16)17/h6-9,11H,2-3,10H2,1H3/b14-11+. The third-order valence-corrected chi connectivity index (χ3v) is 2.01. The average Bonchev–Trinajstić information content (AvgIpc) is 2.34. The molecule has 4 heteroatoms.